The lowest BCUT2D eigenvalue weighted by Gasteiger charge is -2.10. The van der Waals surface area contributed by atoms with Gasteiger partial charge in [0.15, 0.2) is 6.61 Å². The van der Waals surface area contributed by atoms with E-state index < -0.39 is 0 Å². The first kappa shape index (κ1) is 24.9. The number of para-hydroxylation sites is 2. The number of carbonyl (C=O) groups is 2. The maximum atomic E-state index is 12.1. The minimum Gasteiger partial charge on any atom is -0.495 e. The third-order valence-corrected chi connectivity index (χ3v) is 5.66. The summed E-state index contributed by atoms with van der Waals surface area (Å²) in [6, 6.07) is 22.5. The summed E-state index contributed by atoms with van der Waals surface area (Å²) in [6.07, 6.45) is 1.56. The van der Waals surface area contributed by atoms with Crippen LogP contribution in [0, 0.1) is 6.92 Å². The summed E-state index contributed by atoms with van der Waals surface area (Å²) in [5, 5.41) is 6.75. The Balaban J connectivity index is 1.37. The van der Waals surface area contributed by atoms with Crippen molar-refractivity contribution in [2.24, 2.45) is 5.10 Å². The number of methoxy groups -OCH3 is 1. The van der Waals surface area contributed by atoms with Crippen LogP contribution in [0.3, 0.4) is 0 Å². The number of hydrazone groups is 1. The van der Waals surface area contributed by atoms with E-state index in [1.807, 2.05) is 19.1 Å². The highest BCUT2D eigenvalue weighted by atomic mass is 32.2. The molecule has 176 valence electrons. The summed E-state index contributed by atoms with van der Waals surface area (Å²) in [4.78, 5) is 24.1. The molecule has 0 aliphatic heterocycles. The summed E-state index contributed by atoms with van der Waals surface area (Å²) < 4.78 is 10.7. The zero-order valence-corrected chi connectivity index (χ0v) is 19.9. The van der Waals surface area contributed by atoms with Crippen molar-refractivity contribution >= 4 is 35.5 Å². The number of benzene rings is 3. The van der Waals surface area contributed by atoms with Gasteiger partial charge < -0.3 is 14.8 Å². The largest absolute Gasteiger partial charge is 0.495 e. The summed E-state index contributed by atoms with van der Waals surface area (Å²) in [5.74, 6) is 1.78. The van der Waals surface area contributed by atoms with Crippen molar-refractivity contribution in [2.75, 3.05) is 24.8 Å². The minimum absolute atomic E-state index is 0.137. The van der Waals surface area contributed by atoms with Gasteiger partial charge in [0.1, 0.15) is 11.5 Å². The number of hydrogen-bond acceptors (Lipinski definition) is 6. The molecule has 0 unspecified atom stereocenters. The van der Waals surface area contributed by atoms with Crippen molar-refractivity contribution in [3.63, 3.8) is 0 Å². The maximum absolute atomic E-state index is 12.1. The van der Waals surface area contributed by atoms with E-state index in [0.29, 0.717) is 22.9 Å². The number of nitrogens with zero attached hydrogens (tertiary/aromatic N) is 1. The maximum Gasteiger partial charge on any atom is 0.262 e. The van der Waals surface area contributed by atoms with Gasteiger partial charge in [-0.1, -0.05) is 42.0 Å². The van der Waals surface area contributed by atoms with Gasteiger partial charge in [-0.3, -0.25) is 9.59 Å². The Kier molecular flexibility index (Phi) is 9.54. The highest BCUT2D eigenvalue weighted by molar-refractivity contribution is 7.99. The predicted octanol–water partition coefficient (Wildman–Crippen LogP) is 4.40. The monoisotopic (exact) mass is 477 g/mol. The smallest absolute Gasteiger partial charge is 0.262 e. The fourth-order valence-corrected chi connectivity index (χ4v) is 3.67. The molecule has 34 heavy (non-hydrogen) atoms. The third-order valence-electron chi connectivity index (χ3n) is 4.66. The number of anilines is 1. The average molecular weight is 478 g/mol. The van der Waals surface area contributed by atoms with Crippen LogP contribution in [-0.2, 0) is 15.3 Å². The van der Waals surface area contributed by atoms with Crippen molar-refractivity contribution < 1.29 is 19.1 Å². The third kappa shape index (κ3) is 8.29. The van der Waals surface area contributed by atoms with Gasteiger partial charge in [-0.15, -0.1) is 11.8 Å². The second-order valence-corrected chi connectivity index (χ2v) is 8.36. The Morgan fingerprint density at radius 1 is 0.971 bits per heavy atom. The Hall–Kier alpha value is -3.78. The molecule has 7 nitrogen and oxygen atoms in total. The van der Waals surface area contributed by atoms with Crippen molar-refractivity contribution in [1.82, 2.24) is 5.43 Å². The van der Waals surface area contributed by atoms with Crippen LogP contribution in [-0.4, -0.2) is 37.5 Å². The lowest BCUT2D eigenvalue weighted by molar-refractivity contribution is -0.119. The molecular formula is C26H27N3O4S. The molecule has 3 rings (SSSR count). The molecule has 3 aromatic rings. The number of carbonyl (C=O) groups excluding carboxylic acids is 2. The van der Waals surface area contributed by atoms with Gasteiger partial charge in [-0.05, 0) is 54.4 Å². The van der Waals surface area contributed by atoms with Gasteiger partial charge in [-0.25, -0.2) is 5.43 Å². The van der Waals surface area contributed by atoms with Crippen LogP contribution in [0.15, 0.2) is 77.9 Å². The molecule has 2 N–H and O–H groups in total. The second-order valence-electron chi connectivity index (χ2n) is 7.38. The molecule has 0 bridgehead atoms. The number of hydrogen-bond donors (Lipinski definition) is 2. The van der Waals surface area contributed by atoms with E-state index in [1.54, 1.807) is 49.7 Å². The standard InChI is InChI=1S/C26H27N3O4S/c1-19-7-9-21(10-8-19)17-34-18-26(31)29-27-15-20-11-13-22(14-12-20)33-16-25(30)28-23-5-3-4-6-24(23)32-2/h3-15H,16-18H2,1-2H3,(H,28,30)(H,29,31)/b27-15-. The highest BCUT2D eigenvalue weighted by Crippen LogP contribution is 2.23. The quantitative estimate of drug-likeness (QED) is 0.316. The normalized spacial score (nSPS) is 10.6. The molecule has 0 heterocycles. The van der Waals surface area contributed by atoms with E-state index in [2.05, 4.69) is 40.1 Å². The molecular weight excluding hydrogens is 450 g/mol. The van der Waals surface area contributed by atoms with Gasteiger partial charge in [0.05, 0.1) is 24.8 Å². The molecule has 0 saturated carbocycles. The number of aryl methyl sites for hydroxylation is 1. The Labute approximate surface area is 203 Å². The van der Waals surface area contributed by atoms with Crippen molar-refractivity contribution in [3.05, 3.63) is 89.5 Å². The van der Waals surface area contributed by atoms with E-state index in [0.717, 1.165) is 11.3 Å². The lowest BCUT2D eigenvalue weighted by Crippen LogP contribution is -2.20. The van der Waals surface area contributed by atoms with Gasteiger partial charge in [0.25, 0.3) is 5.91 Å². The van der Waals surface area contributed by atoms with Crippen LogP contribution in [0.1, 0.15) is 16.7 Å². The van der Waals surface area contributed by atoms with Gasteiger partial charge >= 0.3 is 0 Å². The molecule has 0 radical (unpaired) electrons. The minimum atomic E-state index is -0.293. The van der Waals surface area contributed by atoms with E-state index in [1.165, 1.54) is 22.9 Å². The molecule has 3 aromatic carbocycles. The first-order chi connectivity index (χ1) is 16.5. The van der Waals surface area contributed by atoms with E-state index in [-0.39, 0.29) is 18.4 Å². The number of ether oxygens (including phenoxy) is 2. The van der Waals surface area contributed by atoms with Gasteiger partial charge in [-0.2, -0.15) is 5.10 Å². The summed E-state index contributed by atoms with van der Waals surface area (Å²) in [6.45, 7) is 1.91. The van der Waals surface area contributed by atoms with Crippen molar-refractivity contribution in [2.45, 2.75) is 12.7 Å². The SMILES string of the molecule is COc1ccccc1NC(=O)COc1ccc(/C=N\NC(=O)CSCc2ccc(C)cc2)cc1. The molecule has 0 aliphatic carbocycles. The Morgan fingerprint density at radius 3 is 2.44 bits per heavy atom. The average Bonchev–Trinajstić information content (AvgIpc) is 2.85. The van der Waals surface area contributed by atoms with Crippen LogP contribution >= 0.6 is 11.8 Å². The summed E-state index contributed by atoms with van der Waals surface area (Å²) >= 11 is 1.54. The summed E-state index contributed by atoms with van der Waals surface area (Å²) in [7, 11) is 1.55. The molecule has 0 aliphatic rings. The van der Waals surface area contributed by atoms with E-state index in [9.17, 15) is 9.59 Å². The molecule has 0 aromatic heterocycles. The highest BCUT2D eigenvalue weighted by Gasteiger charge is 2.07. The van der Waals surface area contributed by atoms with Crippen molar-refractivity contribution in [1.29, 1.82) is 0 Å². The molecule has 0 spiro atoms. The number of amides is 2. The fourth-order valence-electron chi connectivity index (χ4n) is 2.89. The number of rotatable bonds is 11. The zero-order chi connectivity index (χ0) is 24.2. The van der Waals surface area contributed by atoms with Crippen LogP contribution in [0.25, 0.3) is 0 Å². The molecule has 8 heteroatoms. The molecule has 2 amide bonds. The molecule has 0 fully saturated rings. The summed E-state index contributed by atoms with van der Waals surface area (Å²) in [5.41, 5.74) is 6.31. The van der Waals surface area contributed by atoms with E-state index >= 15 is 0 Å². The van der Waals surface area contributed by atoms with Crippen LogP contribution in [0.4, 0.5) is 5.69 Å². The van der Waals surface area contributed by atoms with Gasteiger partial charge in [0.2, 0.25) is 5.91 Å². The number of nitrogens with one attached hydrogen (secondary N) is 2. The predicted molar refractivity (Wildman–Crippen MR) is 137 cm³/mol. The topological polar surface area (TPSA) is 89.0 Å². The zero-order valence-electron chi connectivity index (χ0n) is 19.1. The fraction of sp³-hybridized carbons (Fsp3) is 0.192. The van der Waals surface area contributed by atoms with Crippen LogP contribution in [0.5, 0.6) is 11.5 Å². The second kappa shape index (κ2) is 13.1. The Morgan fingerprint density at radius 2 is 1.71 bits per heavy atom. The molecule has 0 saturated heterocycles. The van der Waals surface area contributed by atoms with E-state index in [4.69, 9.17) is 9.47 Å². The number of thioether (sulfide) groups is 1. The van der Waals surface area contributed by atoms with Crippen LogP contribution < -0.4 is 20.2 Å². The van der Waals surface area contributed by atoms with Crippen molar-refractivity contribution in [3.8, 4) is 11.5 Å². The lowest BCUT2D eigenvalue weighted by atomic mass is 10.2. The van der Waals surface area contributed by atoms with Crippen LogP contribution in [0.2, 0.25) is 0 Å². The Bertz CT molecular complexity index is 1120. The first-order valence-electron chi connectivity index (χ1n) is 10.6. The van der Waals surface area contributed by atoms with Gasteiger partial charge in [0, 0.05) is 5.75 Å². The molecule has 0 atom stereocenters. The first-order valence-corrected chi connectivity index (χ1v) is 11.8.